The summed E-state index contributed by atoms with van der Waals surface area (Å²) in [6.45, 7) is 6.41. The van der Waals surface area contributed by atoms with Crippen LogP contribution in [0.2, 0.25) is 0 Å². The van der Waals surface area contributed by atoms with Crippen molar-refractivity contribution >= 4 is 10.0 Å². The van der Waals surface area contributed by atoms with E-state index in [1.54, 1.807) is 28.8 Å². The third-order valence-corrected chi connectivity index (χ3v) is 6.65. The maximum atomic E-state index is 12.8. The van der Waals surface area contributed by atoms with Crippen LogP contribution in [-0.2, 0) is 22.0 Å². The smallest absolute Gasteiger partial charge is 0.346 e. The monoisotopic (exact) mass is 430 g/mol. The molecule has 1 fully saturated rings. The van der Waals surface area contributed by atoms with Gasteiger partial charge in [0.15, 0.2) is 5.76 Å². The third-order valence-electron chi connectivity index (χ3n) is 5.17. The zero-order valence-electron chi connectivity index (χ0n) is 17.3. The maximum Gasteiger partial charge on any atom is 0.346 e. The highest BCUT2D eigenvalue weighted by molar-refractivity contribution is 7.89. The fraction of sp³-hybridized carbons (Fsp3) is 0.429. The number of nitrogens with zero attached hydrogens (tertiary/aromatic N) is 3. The van der Waals surface area contributed by atoms with Gasteiger partial charge in [-0.15, -0.1) is 5.10 Å². The Morgan fingerprint density at radius 1 is 1.17 bits per heavy atom. The predicted molar refractivity (Wildman–Crippen MR) is 113 cm³/mol. The largest absolute Gasteiger partial charge is 0.461 e. The van der Waals surface area contributed by atoms with Gasteiger partial charge in [-0.3, -0.25) is 4.57 Å². The lowest BCUT2D eigenvalue weighted by Gasteiger charge is -2.19. The molecule has 1 saturated carbocycles. The van der Waals surface area contributed by atoms with Gasteiger partial charge < -0.3 is 4.42 Å². The standard InChI is InChI=1S/C21H26N4O4S/c1-21(2,3)15-6-10-17(11-7-15)30(27,28)22-12-13-24-20(26)25(16-8-9-16)19(23-24)18-5-4-14-29-18/h4-7,10-11,14,16,22H,8-9,12-13H2,1-3H3. The predicted octanol–water partition coefficient (Wildman–Crippen LogP) is 2.92. The average Bonchev–Trinajstić information content (AvgIpc) is 3.26. The molecule has 0 saturated heterocycles. The molecule has 1 aliphatic rings. The van der Waals surface area contributed by atoms with Crippen LogP contribution in [0.25, 0.3) is 11.6 Å². The number of furan rings is 1. The van der Waals surface area contributed by atoms with E-state index < -0.39 is 10.0 Å². The summed E-state index contributed by atoms with van der Waals surface area (Å²) in [7, 11) is -3.67. The van der Waals surface area contributed by atoms with Crippen molar-refractivity contribution < 1.29 is 12.8 Å². The van der Waals surface area contributed by atoms with Gasteiger partial charge in [0, 0.05) is 12.6 Å². The molecule has 0 aliphatic heterocycles. The topological polar surface area (TPSA) is 99.1 Å². The van der Waals surface area contributed by atoms with E-state index in [2.05, 4.69) is 30.6 Å². The van der Waals surface area contributed by atoms with Crippen molar-refractivity contribution in [3.8, 4) is 11.6 Å². The van der Waals surface area contributed by atoms with Crippen molar-refractivity contribution in [1.82, 2.24) is 19.1 Å². The van der Waals surface area contributed by atoms with Crippen LogP contribution in [0.5, 0.6) is 0 Å². The quantitative estimate of drug-likeness (QED) is 0.621. The number of nitrogens with one attached hydrogen (secondary N) is 1. The van der Waals surface area contributed by atoms with Crippen LogP contribution in [0.1, 0.15) is 45.2 Å². The van der Waals surface area contributed by atoms with Gasteiger partial charge in [0.1, 0.15) is 0 Å². The van der Waals surface area contributed by atoms with Crippen LogP contribution in [-0.4, -0.2) is 29.3 Å². The second kappa shape index (κ2) is 7.55. The summed E-state index contributed by atoms with van der Waals surface area (Å²) in [6.07, 6.45) is 3.39. The summed E-state index contributed by atoms with van der Waals surface area (Å²) in [5.74, 6) is 1.00. The van der Waals surface area contributed by atoms with Gasteiger partial charge in [-0.05, 0) is 48.1 Å². The minimum Gasteiger partial charge on any atom is -0.461 e. The summed E-state index contributed by atoms with van der Waals surface area (Å²) in [5.41, 5.74) is 0.755. The fourth-order valence-electron chi connectivity index (χ4n) is 3.30. The van der Waals surface area contributed by atoms with Gasteiger partial charge in [0.25, 0.3) is 0 Å². The number of benzene rings is 1. The molecular formula is C21H26N4O4S. The zero-order valence-corrected chi connectivity index (χ0v) is 18.1. The number of aromatic nitrogens is 3. The van der Waals surface area contributed by atoms with Crippen molar-refractivity contribution in [3.05, 3.63) is 58.7 Å². The molecule has 0 amide bonds. The fourth-order valence-corrected chi connectivity index (χ4v) is 4.33. The molecule has 0 spiro atoms. The van der Waals surface area contributed by atoms with Crippen LogP contribution in [0.15, 0.2) is 56.8 Å². The van der Waals surface area contributed by atoms with Gasteiger partial charge in [0.2, 0.25) is 15.8 Å². The van der Waals surface area contributed by atoms with Crippen molar-refractivity contribution in [3.63, 3.8) is 0 Å². The molecule has 0 atom stereocenters. The van der Waals surface area contributed by atoms with E-state index in [1.165, 1.54) is 10.9 Å². The Balaban J connectivity index is 1.48. The minimum atomic E-state index is -3.67. The molecule has 0 unspecified atom stereocenters. The Hall–Kier alpha value is -2.65. The van der Waals surface area contributed by atoms with Crippen LogP contribution in [0, 0.1) is 0 Å². The molecule has 160 valence electrons. The average molecular weight is 431 g/mol. The van der Waals surface area contributed by atoms with Gasteiger partial charge in [-0.1, -0.05) is 32.9 Å². The third kappa shape index (κ3) is 4.13. The number of rotatable bonds is 7. The zero-order chi connectivity index (χ0) is 21.5. The Labute approximate surface area is 175 Å². The van der Waals surface area contributed by atoms with Crippen molar-refractivity contribution in [2.24, 2.45) is 0 Å². The van der Waals surface area contributed by atoms with Crippen LogP contribution in [0.3, 0.4) is 0 Å². The number of sulfonamides is 1. The molecule has 0 radical (unpaired) electrons. The molecule has 3 aromatic rings. The van der Waals surface area contributed by atoms with Crippen molar-refractivity contribution in [1.29, 1.82) is 0 Å². The molecule has 1 aliphatic carbocycles. The van der Waals surface area contributed by atoms with Gasteiger partial charge in [-0.2, -0.15) is 0 Å². The first-order valence-electron chi connectivity index (χ1n) is 10.0. The second-order valence-corrected chi connectivity index (χ2v) is 10.3. The molecule has 2 aromatic heterocycles. The van der Waals surface area contributed by atoms with Gasteiger partial charge in [-0.25, -0.2) is 22.6 Å². The Morgan fingerprint density at radius 2 is 1.87 bits per heavy atom. The molecule has 8 nitrogen and oxygen atoms in total. The van der Waals surface area contributed by atoms with E-state index in [9.17, 15) is 13.2 Å². The summed E-state index contributed by atoms with van der Waals surface area (Å²) in [5, 5.41) is 4.38. The highest BCUT2D eigenvalue weighted by atomic mass is 32.2. The summed E-state index contributed by atoms with van der Waals surface area (Å²) in [4.78, 5) is 13.0. The molecule has 2 heterocycles. The summed E-state index contributed by atoms with van der Waals surface area (Å²) in [6, 6.07) is 10.5. The summed E-state index contributed by atoms with van der Waals surface area (Å²) < 4.78 is 36.1. The highest BCUT2D eigenvalue weighted by Gasteiger charge is 2.31. The van der Waals surface area contributed by atoms with E-state index in [0.717, 1.165) is 18.4 Å². The lowest BCUT2D eigenvalue weighted by Crippen LogP contribution is -2.32. The van der Waals surface area contributed by atoms with E-state index in [1.807, 2.05) is 12.1 Å². The molecule has 1 aromatic carbocycles. The first kappa shape index (κ1) is 20.6. The minimum absolute atomic E-state index is 0.0526. The normalized spacial score (nSPS) is 14.9. The molecular weight excluding hydrogens is 404 g/mol. The maximum absolute atomic E-state index is 12.8. The SMILES string of the molecule is CC(C)(C)c1ccc(S(=O)(=O)NCCn2nc(-c3ccco3)n(C3CC3)c2=O)cc1. The van der Waals surface area contributed by atoms with Gasteiger partial charge >= 0.3 is 5.69 Å². The molecule has 4 rings (SSSR count). The first-order chi connectivity index (χ1) is 14.2. The Bertz CT molecular complexity index is 1180. The van der Waals surface area contributed by atoms with Crippen LogP contribution >= 0.6 is 0 Å². The molecule has 30 heavy (non-hydrogen) atoms. The van der Waals surface area contributed by atoms with Gasteiger partial charge in [0.05, 0.1) is 17.7 Å². The van der Waals surface area contributed by atoms with E-state index >= 15 is 0 Å². The second-order valence-electron chi connectivity index (χ2n) is 8.58. The molecule has 0 bridgehead atoms. The van der Waals surface area contributed by atoms with Crippen molar-refractivity contribution in [2.75, 3.05) is 6.54 Å². The number of hydrogen-bond donors (Lipinski definition) is 1. The highest BCUT2D eigenvalue weighted by Crippen LogP contribution is 2.36. The van der Waals surface area contributed by atoms with Crippen LogP contribution in [0.4, 0.5) is 0 Å². The number of hydrogen-bond acceptors (Lipinski definition) is 5. The first-order valence-corrected chi connectivity index (χ1v) is 11.5. The van der Waals surface area contributed by atoms with Crippen LogP contribution < -0.4 is 10.4 Å². The lowest BCUT2D eigenvalue weighted by molar-refractivity contribution is 0.546. The van der Waals surface area contributed by atoms with E-state index in [0.29, 0.717) is 11.6 Å². The Kier molecular flexibility index (Phi) is 5.19. The van der Waals surface area contributed by atoms with E-state index in [-0.39, 0.29) is 35.1 Å². The molecule has 9 heteroatoms. The van der Waals surface area contributed by atoms with E-state index in [4.69, 9.17) is 4.42 Å². The Morgan fingerprint density at radius 3 is 2.43 bits per heavy atom. The van der Waals surface area contributed by atoms with Crippen molar-refractivity contribution in [2.45, 2.75) is 56.5 Å². The summed E-state index contributed by atoms with van der Waals surface area (Å²) >= 11 is 0. The lowest BCUT2D eigenvalue weighted by atomic mass is 9.87. The molecule has 1 N–H and O–H groups in total.